The van der Waals surface area contributed by atoms with Crippen LogP contribution in [0.15, 0.2) is 40.9 Å². The molecule has 1 saturated heterocycles. The number of nitrogens with zero attached hydrogens (tertiary/aromatic N) is 4. The number of nitroso groups, excluding NO2 is 1. The maximum atomic E-state index is 12.8. The minimum absolute atomic E-state index is 0.0941. The number of anilines is 1. The van der Waals surface area contributed by atoms with Crippen molar-refractivity contribution in [2.75, 3.05) is 18.4 Å². The third-order valence-corrected chi connectivity index (χ3v) is 6.16. The number of aromatic amines is 1. The van der Waals surface area contributed by atoms with Gasteiger partial charge in [0.25, 0.3) is 5.91 Å². The summed E-state index contributed by atoms with van der Waals surface area (Å²) in [6.45, 7) is 5.75. The predicted molar refractivity (Wildman–Crippen MR) is 125 cm³/mol. The Morgan fingerprint density at radius 1 is 1.30 bits per heavy atom. The first kappa shape index (κ1) is 22.2. The number of carbonyl (C=O) groups is 1. The Balaban J connectivity index is 1.62. The Morgan fingerprint density at radius 2 is 2.09 bits per heavy atom. The highest BCUT2D eigenvalue weighted by Gasteiger charge is 2.25. The molecule has 0 bridgehead atoms. The molecule has 1 aliphatic carbocycles. The van der Waals surface area contributed by atoms with Crippen LogP contribution < -0.4 is 16.0 Å². The number of hydrogen-bond donors (Lipinski definition) is 4. The molecule has 0 atom stereocenters. The normalized spacial score (nSPS) is 19.4. The van der Waals surface area contributed by atoms with Gasteiger partial charge < -0.3 is 20.9 Å². The van der Waals surface area contributed by atoms with Gasteiger partial charge in [0.1, 0.15) is 6.07 Å². The van der Waals surface area contributed by atoms with Gasteiger partial charge >= 0.3 is 0 Å². The minimum Gasteiger partial charge on any atom is -0.354 e. The summed E-state index contributed by atoms with van der Waals surface area (Å²) in [6.07, 6.45) is 6.61. The average Bonchev–Trinajstić information content (AvgIpc) is 3.30. The van der Waals surface area contributed by atoms with Crippen LogP contribution >= 0.6 is 0 Å². The van der Waals surface area contributed by atoms with Gasteiger partial charge in [-0.05, 0) is 47.9 Å². The van der Waals surface area contributed by atoms with Gasteiger partial charge in [0.05, 0.1) is 5.29 Å². The molecule has 10 nitrogen and oxygen atoms in total. The van der Waals surface area contributed by atoms with Gasteiger partial charge in [0.15, 0.2) is 11.5 Å². The lowest BCUT2D eigenvalue weighted by molar-refractivity contribution is 0.101. The number of nitrogens with one attached hydrogen (secondary N) is 4. The van der Waals surface area contributed by atoms with Gasteiger partial charge in [-0.1, -0.05) is 31.1 Å². The van der Waals surface area contributed by atoms with Gasteiger partial charge in [0.2, 0.25) is 5.96 Å². The molecule has 2 aliphatic rings. The van der Waals surface area contributed by atoms with Crippen LogP contribution in [0.2, 0.25) is 0 Å². The smallest absolute Gasteiger partial charge is 0.291 e. The SMILES string of the molecule is CC1(C)CC=C(c2cc(C3CNC(=NN=O)NC3)ccc2NC(=O)c2nc(C#N)c[nH]2)CC1. The standard InChI is InChI=1S/C23H26N8O2/c1-23(2)7-5-14(6-8-23)18-9-15(16-11-26-22(27-12-16)30-31-33)3-4-19(18)29-21(32)20-25-13-17(10-24)28-20/h3-5,9,13,16H,6-8,11-12H2,1-2H3,(H,25,28)(H,29,32)(H2,26,27,30,33). The van der Waals surface area contributed by atoms with Crippen LogP contribution in [-0.4, -0.2) is 34.9 Å². The first-order valence-electron chi connectivity index (χ1n) is 10.9. The molecule has 33 heavy (non-hydrogen) atoms. The van der Waals surface area contributed by atoms with E-state index in [0.29, 0.717) is 24.7 Å². The minimum atomic E-state index is -0.398. The second-order valence-electron chi connectivity index (χ2n) is 9.09. The maximum Gasteiger partial charge on any atom is 0.291 e. The predicted octanol–water partition coefficient (Wildman–Crippen LogP) is 3.44. The summed E-state index contributed by atoms with van der Waals surface area (Å²) in [4.78, 5) is 29.9. The average molecular weight is 447 g/mol. The number of amides is 1. The van der Waals surface area contributed by atoms with Gasteiger partial charge in [-0.15, -0.1) is 4.91 Å². The lowest BCUT2D eigenvalue weighted by Crippen LogP contribution is -2.48. The molecular formula is C23H26N8O2. The van der Waals surface area contributed by atoms with Gasteiger partial charge in [-0.25, -0.2) is 4.98 Å². The molecule has 4 N–H and O–H groups in total. The second kappa shape index (κ2) is 9.24. The van der Waals surface area contributed by atoms with Crippen molar-refractivity contribution in [2.24, 2.45) is 15.8 Å². The van der Waals surface area contributed by atoms with E-state index in [1.54, 1.807) is 0 Å². The summed E-state index contributed by atoms with van der Waals surface area (Å²) in [6, 6.07) is 7.94. The van der Waals surface area contributed by atoms with Crippen molar-refractivity contribution in [3.8, 4) is 6.07 Å². The zero-order valence-electron chi connectivity index (χ0n) is 18.6. The number of H-pyrrole nitrogens is 1. The number of carbonyl (C=O) groups excluding carboxylic acids is 1. The van der Waals surface area contributed by atoms with Crippen molar-refractivity contribution in [3.05, 3.63) is 58.0 Å². The Labute approximate surface area is 191 Å². The van der Waals surface area contributed by atoms with Crippen LogP contribution in [0.5, 0.6) is 0 Å². The quantitative estimate of drug-likeness (QED) is 0.408. The molecule has 1 fully saturated rings. The van der Waals surface area contributed by atoms with Crippen molar-refractivity contribution in [2.45, 2.75) is 39.0 Å². The number of allylic oxidation sites excluding steroid dienone is 2. The van der Waals surface area contributed by atoms with E-state index in [0.717, 1.165) is 30.4 Å². The zero-order chi connectivity index (χ0) is 23.4. The molecule has 2 heterocycles. The molecule has 0 saturated carbocycles. The maximum absolute atomic E-state index is 12.8. The van der Waals surface area contributed by atoms with E-state index in [9.17, 15) is 9.70 Å². The summed E-state index contributed by atoms with van der Waals surface area (Å²) in [5, 5.41) is 24.1. The largest absolute Gasteiger partial charge is 0.354 e. The molecular weight excluding hydrogens is 420 g/mol. The molecule has 1 aromatic carbocycles. The Kier molecular flexibility index (Phi) is 6.22. The molecule has 4 rings (SSSR count). The lowest BCUT2D eigenvalue weighted by Gasteiger charge is -2.30. The van der Waals surface area contributed by atoms with E-state index in [1.807, 2.05) is 18.2 Å². The highest BCUT2D eigenvalue weighted by Crippen LogP contribution is 2.40. The fourth-order valence-corrected chi connectivity index (χ4v) is 4.11. The van der Waals surface area contributed by atoms with Crippen molar-refractivity contribution in [3.63, 3.8) is 0 Å². The number of rotatable bonds is 5. The van der Waals surface area contributed by atoms with Crippen molar-refractivity contribution in [1.29, 1.82) is 5.26 Å². The summed E-state index contributed by atoms with van der Waals surface area (Å²) >= 11 is 0. The van der Waals surface area contributed by atoms with E-state index >= 15 is 0 Å². The Bertz CT molecular complexity index is 1160. The van der Waals surface area contributed by atoms with Crippen molar-refractivity contribution in [1.82, 2.24) is 20.6 Å². The number of hydrogen-bond acceptors (Lipinski definition) is 5. The Hall–Kier alpha value is -4.00. The van der Waals surface area contributed by atoms with Gasteiger partial charge in [0, 0.05) is 36.5 Å². The van der Waals surface area contributed by atoms with Gasteiger partial charge in [-0.2, -0.15) is 5.26 Å². The number of imidazole rings is 1. The molecule has 2 aromatic rings. The molecule has 1 aromatic heterocycles. The fourth-order valence-electron chi connectivity index (χ4n) is 4.11. The van der Waals surface area contributed by atoms with E-state index in [2.05, 4.69) is 62.3 Å². The van der Waals surface area contributed by atoms with E-state index < -0.39 is 5.91 Å². The van der Waals surface area contributed by atoms with E-state index in [1.165, 1.54) is 11.8 Å². The highest BCUT2D eigenvalue weighted by atomic mass is 16.3. The second-order valence-corrected chi connectivity index (χ2v) is 9.09. The molecule has 170 valence electrons. The van der Waals surface area contributed by atoms with Crippen LogP contribution in [0.1, 0.15) is 66.5 Å². The van der Waals surface area contributed by atoms with Crippen LogP contribution in [0.25, 0.3) is 5.57 Å². The summed E-state index contributed by atoms with van der Waals surface area (Å²) in [5.41, 5.74) is 4.42. The number of guanidine groups is 1. The van der Waals surface area contributed by atoms with Crippen LogP contribution in [0.4, 0.5) is 5.69 Å². The highest BCUT2D eigenvalue weighted by molar-refractivity contribution is 6.03. The zero-order valence-corrected chi connectivity index (χ0v) is 18.6. The number of aromatic nitrogens is 2. The number of nitriles is 1. The lowest BCUT2D eigenvalue weighted by atomic mass is 9.76. The van der Waals surface area contributed by atoms with Crippen LogP contribution in [0, 0.1) is 21.7 Å². The van der Waals surface area contributed by atoms with E-state index in [-0.39, 0.29) is 22.9 Å². The summed E-state index contributed by atoms with van der Waals surface area (Å²) in [7, 11) is 0. The van der Waals surface area contributed by atoms with E-state index in [4.69, 9.17) is 5.26 Å². The first-order chi connectivity index (χ1) is 15.9. The topological polar surface area (TPSA) is 147 Å². The third kappa shape index (κ3) is 5.09. The molecule has 1 aliphatic heterocycles. The molecule has 1 amide bonds. The summed E-state index contributed by atoms with van der Waals surface area (Å²) < 4.78 is 0. The molecule has 0 radical (unpaired) electrons. The molecule has 0 spiro atoms. The number of benzene rings is 1. The summed E-state index contributed by atoms with van der Waals surface area (Å²) in [5.74, 6) is 0.225. The first-order valence-corrected chi connectivity index (χ1v) is 10.9. The van der Waals surface area contributed by atoms with Crippen molar-refractivity contribution < 1.29 is 4.79 Å². The van der Waals surface area contributed by atoms with Gasteiger partial charge in [-0.3, -0.25) is 4.79 Å². The fraction of sp³-hybridized carbons (Fsp3) is 0.391. The molecule has 10 heteroatoms. The Morgan fingerprint density at radius 3 is 2.73 bits per heavy atom. The van der Waals surface area contributed by atoms with Crippen LogP contribution in [0.3, 0.4) is 0 Å². The van der Waals surface area contributed by atoms with Crippen molar-refractivity contribution >= 4 is 23.1 Å². The van der Waals surface area contributed by atoms with Crippen LogP contribution in [-0.2, 0) is 0 Å². The monoisotopic (exact) mass is 446 g/mol. The molecule has 0 unspecified atom stereocenters. The third-order valence-electron chi connectivity index (χ3n) is 6.16.